The Morgan fingerprint density at radius 3 is 2.55 bits per heavy atom. The van der Waals surface area contributed by atoms with Crippen LogP contribution >= 0.6 is 0 Å². The summed E-state index contributed by atoms with van der Waals surface area (Å²) >= 11 is 0. The molecule has 0 radical (unpaired) electrons. The Kier molecular flexibility index (Phi) is 2.99. The monoisotopic (exact) mass is 264 g/mol. The zero-order valence-corrected chi connectivity index (χ0v) is 11.5. The molecule has 2 N–H and O–H groups in total. The van der Waals surface area contributed by atoms with E-state index in [0.717, 1.165) is 11.3 Å². The Morgan fingerprint density at radius 1 is 1.10 bits per heavy atom. The normalized spacial score (nSPS) is 11.5. The molecule has 4 nitrogen and oxygen atoms in total. The Labute approximate surface area is 117 Å². The number of nitrogen functional groups attached to an aromatic ring is 1. The van der Waals surface area contributed by atoms with Gasteiger partial charge in [-0.25, -0.2) is 9.66 Å². The minimum atomic E-state index is 0.398. The molecule has 0 unspecified atom stereocenters. The number of anilines is 1. The average molecular weight is 264 g/mol. The zero-order chi connectivity index (χ0) is 14.1. The molecule has 1 aromatic heterocycles. The van der Waals surface area contributed by atoms with Crippen molar-refractivity contribution in [1.29, 1.82) is 0 Å². The van der Waals surface area contributed by atoms with Gasteiger partial charge in [-0.05, 0) is 30.2 Å². The molecule has 0 fully saturated rings. The van der Waals surface area contributed by atoms with Crippen LogP contribution in [0.3, 0.4) is 0 Å². The first-order chi connectivity index (χ1) is 9.65. The van der Waals surface area contributed by atoms with E-state index in [1.807, 2.05) is 31.5 Å². The van der Waals surface area contributed by atoms with Crippen molar-refractivity contribution >= 4 is 22.9 Å². The van der Waals surface area contributed by atoms with Crippen LogP contribution in [0.4, 0.5) is 5.95 Å². The Morgan fingerprint density at radius 2 is 1.85 bits per heavy atom. The lowest BCUT2D eigenvalue weighted by Gasteiger charge is -2.05. The number of hydrogen-bond donors (Lipinski definition) is 1. The third-order valence-corrected chi connectivity index (χ3v) is 3.33. The van der Waals surface area contributed by atoms with Gasteiger partial charge in [0.05, 0.1) is 18.1 Å². The first kappa shape index (κ1) is 12.4. The van der Waals surface area contributed by atoms with Gasteiger partial charge in [-0.2, -0.15) is 5.10 Å². The number of nitrogens with two attached hydrogens (primary N) is 1. The van der Waals surface area contributed by atoms with E-state index in [0.29, 0.717) is 5.95 Å². The highest BCUT2D eigenvalue weighted by molar-refractivity contribution is 6.01. The van der Waals surface area contributed by atoms with Crippen LogP contribution in [0.2, 0.25) is 0 Å². The van der Waals surface area contributed by atoms with Crippen molar-refractivity contribution in [2.75, 3.05) is 5.73 Å². The van der Waals surface area contributed by atoms with Crippen LogP contribution < -0.4 is 5.73 Å². The van der Waals surface area contributed by atoms with Crippen LogP contribution in [0.25, 0.3) is 10.8 Å². The quantitative estimate of drug-likeness (QED) is 0.723. The summed E-state index contributed by atoms with van der Waals surface area (Å²) in [6.07, 6.45) is 3.63. The summed E-state index contributed by atoms with van der Waals surface area (Å²) in [7, 11) is 0. The van der Waals surface area contributed by atoms with Crippen LogP contribution in [0.1, 0.15) is 16.8 Å². The fourth-order valence-corrected chi connectivity index (χ4v) is 2.31. The van der Waals surface area contributed by atoms with E-state index in [2.05, 4.69) is 41.3 Å². The van der Waals surface area contributed by atoms with Gasteiger partial charge in [0.1, 0.15) is 0 Å². The maximum Gasteiger partial charge on any atom is 0.221 e. The summed E-state index contributed by atoms with van der Waals surface area (Å²) in [6, 6.07) is 12.5. The number of aryl methyl sites for hydroxylation is 2. The highest BCUT2D eigenvalue weighted by Crippen LogP contribution is 2.21. The van der Waals surface area contributed by atoms with E-state index in [1.165, 1.54) is 16.3 Å². The predicted octanol–water partition coefficient (Wildman–Crippen LogP) is 3.12. The van der Waals surface area contributed by atoms with Crippen LogP contribution in [-0.4, -0.2) is 15.9 Å². The standard InChI is InChI=1S/C16H16N4/c1-11-7-8-13(15-6-4-3-5-14(11)15)9-18-20-10-12(2)19-16(20)17/h3-10H,1-2H3,(H2,17,19). The molecule has 3 aromatic rings. The lowest BCUT2D eigenvalue weighted by atomic mass is 10.0. The van der Waals surface area contributed by atoms with Gasteiger partial charge in [0, 0.05) is 5.56 Å². The molecule has 3 rings (SSSR count). The highest BCUT2D eigenvalue weighted by Gasteiger charge is 2.02. The second-order valence-electron chi connectivity index (χ2n) is 4.85. The Bertz CT molecular complexity index is 799. The summed E-state index contributed by atoms with van der Waals surface area (Å²) < 4.78 is 1.59. The van der Waals surface area contributed by atoms with Gasteiger partial charge in [0.25, 0.3) is 0 Å². The van der Waals surface area contributed by atoms with E-state index in [9.17, 15) is 0 Å². The molecule has 0 bridgehead atoms. The number of benzene rings is 2. The number of hydrogen-bond acceptors (Lipinski definition) is 3. The van der Waals surface area contributed by atoms with Crippen LogP contribution in [0.15, 0.2) is 47.7 Å². The van der Waals surface area contributed by atoms with Crippen molar-refractivity contribution in [1.82, 2.24) is 9.66 Å². The molecular formula is C16H16N4. The molecular weight excluding hydrogens is 248 g/mol. The van der Waals surface area contributed by atoms with Crippen molar-refractivity contribution in [3.8, 4) is 0 Å². The van der Waals surface area contributed by atoms with E-state index in [1.54, 1.807) is 4.68 Å². The molecule has 0 spiro atoms. The Balaban J connectivity index is 2.07. The molecule has 4 heteroatoms. The maximum absolute atomic E-state index is 5.78. The van der Waals surface area contributed by atoms with Crippen molar-refractivity contribution in [2.45, 2.75) is 13.8 Å². The second kappa shape index (κ2) is 4.81. The van der Waals surface area contributed by atoms with Crippen molar-refractivity contribution < 1.29 is 0 Å². The van der Waals surface area contributed by atoms with Crippen molar-refractivity contribution in [2.24, 2.45) is 5.10 Å². The van der Waals surface area contributed by atoms with E-state index >= 15 is 0 Å². The van der Waals surface area contributed by atoms with Gasteiger partial charge in [-0.1, -0.05) is 36.4 Å². The lowest BCUT2D eigenvalue weighted by Crippen LogP contribution is -1.97. The minimum Gasteiger partial charge on any atom is -0.368 e. The summed E-state index contributed by atoms with van der Waals surface area (Å²) in [4.78, 5) is 4.13. The van der Waals surface area contributed by atoms with Crippen LogP contribution in [0.5, 0.6) is 0 Å². The molecule has 0 aliphatic rings. The van der Waals surface area contributed by atoms with Gasteiger partial charge in [-0.3, -0.25) is 0 Å². The van der Waals surface area contributed by atoms with E-state index < -0.39 is 0 Å². The molecule has 0 saturated heterocycles. The highest BCUT2D eigenvalue weighted by atomic mass is 15.4. The number of aromatic nitrogens is 2. The Hall–Kier alpha value is -2.62. The summed E-state index contributed by atoms with van der Waals surface area (Å²) in [5.41, 5.74) is 8.96. The molecule has 1 heterocycles. The first-order valence-corrected chi connectivity index (χ1v) is 6.49. The van der Waals surface area contributed by atoms with E-state index in [4.69, 9.17) is 5.73 Å². The second-order valence-corrected chi connectivity index (χ2v) is 4.85. The van der Waals surface area contributed by atoms with Gasteiger partial charge < -0.3 is 5.73 Å². The summed E-state index contributed by atoms with van der Waals surface area (Å²) in [5, 5.41) is 6.81. The fourth-order valence-electron chi connectivity index (χ4n) is 2.31. The molecule has 2 aromatic carbocycles. The number of fused-ring (bicyclic) bond motifs is 1. The SMILES string of the molecule is Cc1cn(N=Cc2ccc(C)c3ccccc23)c(N)n1. The van der Waals surface area contributed by atoms with Crippen LogP contribution in [-0.2, 0) is 0 Å². The molecule has 0 amide bonds. The molecule has 20 heavy (non-hydrogen) atoms. The maximum atomic E-state index is 5.78. The largest absolute Gasteiger partial charge is 0.368 e. The summed E-state index contributed by atoms with van der Waals surface area (Å²) in [6.45, 7) is 4.00. The number of nitrogens with zero attached hydrogens (tertiary/aromatic N) is 3. The van der Waals surface area contributed by atoms with Crippen molar-refractivity contribution in [3.05, 3.63) is 59.4 Å². The van der Waals surface area contributed by atoms with Gasteiger partial charge in [0.2, 0.25) is 5.95 Å². The number of imidazole rings is 1. The van der Waals surface area contributed by atoms with Crippen LogP contribution in [0, 0.1) is 13.8 Å². The van der Waals surface area contributed by atoms with Gasteiger partial charge in [0.15, 0.2) is 0 Å². The molecule has 0 saturated carbocycles. The molecule has 100 valence electrons. The smallest absolute Gasteiger partial charge is 0.221 e. The van der Waals surface area contributed by atoms with Gasteiger partial charge in [-0.15, -0.1) is 0 Å². The number of rotatable bonds is 2. The topological polar surface area (TPSA) is 56.2 Å². The first-order valence-electron chi connectivity index (χ1n) is 6.49. The molecule has 0 aliphatic carbocycles. The minimum absolute atomic E-state index is 0.398. The molecule has 0 atom stereocenters. The predicted molar refractivity (Wildman–Crippen MR) is 83.1 cm³/mol. The zero-order valence-electron chi connectivity index (χ0n) is 11.5. The molecule has 0 aliphatic heterocycles. The lowest BCUT2D eigenvalue weighted by molar-refractivity contribution is 0.897. The van der Waals surface area contributed by atoms with Crippen molar-refractivity contribution in [3.63, 3.8) is 0 Å². The van der Waals surface area contributed by atoms with Gasteiger partial charge >= 0.3 is 0 Å². The third kappa shape index (κ3) is 2.16. The fraction of sp³-hybridized carbons (Fsp3) is 0.125. The van der Waals surface area contributed by atoms with E-state index in [-0.39, 0.29) is 0 Å². The third-order valence-electron chi connectivity index (χ3n) is 3.33. The average Bonchev–Trinajstić information content (AvgIpc) is 2.77. The summed E-state index contributed by atoms with van der Waals surface area (Å²) in [5.74, 6) is 0.398.